The zero-order chi connectivity index (χ0) is 20.2. The standard InChI is InChI=1S/C22H25N5O2S/c1-13-11-17(26-7-9-29-10-8-26)19-21(23-13)27(20(25-19)14-3-2-4-14)15-5-6-16-18(12-15)30-22(28)24-16/h5-6,11-12,14,16,18H,2-4,7-10H2,1H3,(H,24,28). The number of amides is 1. The number of ether oxygens (including phenoxy) is 1. The van der Waals surface area contributed by atoms with Crippen molar-refractivity contribution >= 4 is 39.5 Å². The summed E-state index contributed by atoms with van der Waals surface area (Å²) in [4.78, 5) is 24.4. The van der Waals surface area contributed by atoms with Crippen LogP contribution in [0.4, 0.5) is 10.5 Å². The third kappa shape index (κ3) is 2.96. The smallest absolute Gasteiger partial charge is 0.280 e. The van der Waals surface area contributed by atoms with Gasteiger partial charge >= 0.3 is 0 Å². The van der Waals surface area contributed by atoms with Gasteiger partial charge in [-0.2, -0.15) is 0 Å². The van der Waals surface area contributed by atoms with Crippen LogP contribution < -0.4 is 10.2 Å². The summed E-state index contributed by atoms with van der Waals surface area (Å²) in [5.74, 6) is 1.58. The average Bonchev–Trinajstić information content (AvgIpc) is 3.25. The lowest BCUT2D eigenvalue weighted by Crippen LogP contribution is -2.36. The molecular formula is C22H25N5O2S. The summed E-state index contributed by atoms with van der Waals surface area (Å²) in [5, 5.41) is 3.18. The fraction of sp³-hybridized carbons (Fsp3) is 0.500. The van der Waals surface area contributed by atoms with E-state index in [1.54, 1.807) is 0 Å². The molecule has 8 heteroatoms. The van der Waals surface area contributed by atoms with E-state index in [1.165, 1.54) is 31.0 Å². The van der Waals surface area contributed by atoms with Crippen LogP contribution in [0.3, 0.4) is 0 Å². The molecular weight excluding hydrogens is 398 g/mol. The van der Waals surface area contributed by atoms with Crippen molar-refractivity contribution in [1.29, 1.82) is 0 Å². The normalized spacial score (nSPS) is 26.5. The SMILES string of the molecule is Cc1cc(N2CCOCC2)c2nc(C3CCC3)n(C3=CC4SC(=O)NC4C=C3)c2n1. The third-order valence-corrected chi connectivity index (χ3v) is 7.55. The van der Waals surface area contributed by atoms with Gasteiger partial charge in [-0.25, -0.2) is 9.97 Å². The minimum Gasteiger partial charge on any atom is -0.378 e. The molecule has 6 rings (SSSR count). The van der Waals surface area contributed by atoms with Gasteiger partial charge in [-0.3, -0.25) is 9.36 Å². The number of fused-ring (bicyclic) bond motifs is 2. The van der Waals surface area contributed by atoms with E-state index in [0.717, 1.165) is 60.4 Å². The van der Waals surface area contributed by atoms with Crippen molar-refractivity contribution in [1.82, 2.24) is 19.9 Å². The highest BCUT2D eigenvalue weighted by Crippen LogP contribution is 2.41. The van der Waals surface area contributed by atoms with E-state index in [-0.39, 0.29) is 16.5 Å². The molecule has 2 atom stereocenters. The summed E-state index contributed by atoms with van der Waals surface area (Å²) < 4.78 is 7.82. The molecule has 7 nitrogen and oxygen atoms in total. The van der Waals surface area contributed by atoms with E-state index >= 15 is 0 Å². The monoisotopic (exact) mass is 423 g/mol. The number of aryl methyl sites for hydroxylation is 1. The summed E-state index contributed by atoms with van der Waals surface area (Å²) >= 11 is 1.36. The number of hydrogen-bond acceptors (Lipinski definition) is 6. The van der Waals surface area contributed by atoms with Crippen LogP contribution in [0.2, 0.25) is 0 Å². The molecule has 2 aromatic heterocycles. The lowest BCUT2D eigenvalue weighted by Gasteiger charge is -2.29. The number of nitrogens with zero attached hydrogens (tertiary/aromatic N) is 4. The van der Waals surface area contributed by atoms with Gasteiger partial charge < -0.3 is 15.0 Å². The summed E-state index contributed by atoms with van der Waals surface area (Å²) in [5.41, 5.74) is 5.14. The van der Waals surface area contributed by atoms with E-state index in [9.17, 15) is 4.79 Å². The minimum absolute atomic E-state index is 0.0467. The maximum absolute atomic E-state index is 11.9. The molecule has 0 spiro atoms. The molecule has 2 aromatic rings. The van der Waals surface area contributed by atoms with Gasteiger partial charge in [0.1, 0.15) is 11.3 Å². The van der Waals surface area contributed by atoms with Crippen molar-refractivity contribution < 1.29 is 9.53 Å². The number of hydrogen-bond donors (Lipinski definition) is 1. The van der Waals surface area contributed by atoms with E-state index < -0.39 is 0 Å². The first-order valence-electron chi connectivity index (χ1n) is 10.8. The predicted molar refractivity (Wildman–Crippen MR) is 119 cm³/mol. The maximum Gasteiger partial charge on any atom is 0.280 e. The van der Waals surface area contributed by atoms with Crippen LogP contribution in [-0.2, 0) is 4.74 Å². The van der Waals surface area contributed by atoms with Gasteiger partial charge in [0, 0.05) is 30.4 Å². The average molecular weight is 424 g/mol. The van der Waals surface area contributed by atoms with Crippen molar-refractivity contribution in [3.8, 4) is 0 Å². The van der Waals surface area contributed by atoms with Gasteiger partial charge in [0.15, 0.2) is 5.65 Å². The van der Waals surface area contributed by atoms with Gasteiger partial charge in [-0.15, -0.1) is 0 Å². The van der Waals surface area contributed by atoms with Crippen LogP contribution >= 0.6 is 11.8 Å². The number of aromatic nitrogens is 3. The zero-order valence-corrected chi connectivity index (χ0v) is 17.8. The number of anilines is 1. The summed E-state index contributed by atoms with van der Waals surface area (Å²) in [6.45, 7) is 5.30. The molecule has 30 heavy (non-hydrogen) atoms. The van der Waals surface area contributed by atoms with Gasteiger partial charge in [0.25, 0.3) is 5.24 Å². The van der Waals surface area contributed by atoms with E-state index in [1.807, 2.05) is 0 Å². The molecule has 0 radical (unpaired) electrons. The fourth-order valence-electron chi connectivity index (χ4n) is 4.73. The number of imidazole rings is 1. The first-order chi connectivity index (χ1) is 14.7. The Morgan fingerprint density at radius 3 is 2.83 bits per heavy atom. The highest BCUT2D eigenvalue weighted by atomic mass is 32.2. The largest absolute Gasteiger partial charge is 0.378 e. The summed E-state index contributed by atoms with van der Waals surface area (Å²) in [6.07, 6.45) is 10.0. The highest BCUT2D eigenvalue weighted by Gasteiger charge is 2.34. The second-order valence-corrected chi connectivity index (χ2v) is 9.63. The van der Waals surface area contributed by atoms with Gasteiger partial charge in [-0.05, 0) is 38.0 Å². The van der Waals surface area contributed by atoms with Crippen molar-refractivity contribution in [2.45, 2.75) is 43.4 Å². The Labute approximate surface area is 179 Å². The van der Waals surface area contributed by atoms with E-state index in [2.05, 4.69) is 46.0 Å². The number of carbonyl (C=O) groups is 1. The Bertz CT molecular complexity index is 1080. The van der Waals surface area contributed by atoms with Crippen molar-refractivity contribution in [2.75, 3.05) is 31.2 Å². The molecule has 1 saturated carbocycles. The van der Waals surface area contributed by atoms with Crippen LogP contribution in [0.25, 0.3) is 16.9 Å². The fourth-order valence-corrected chi connectivity index (χ4v) is 5.69. The third-order valence-electron chi connectivity index (χ3n) is 6.52. The topological polar surface area (TPSA) is 72.3 Å². The lowest BCUT2D eigenvalue weighted by atomic mass is 9.84. The highest BCUT2D eigenvalue weighted by molar-refractivity contribution is 8.14. The van der Waals surface area contributed by atoms with Crippen molar-refractivity contribution in [3.63, 3.8) is 0 Å². The summed E-state index contributed by atoms with van der Waals surface area (Å²) in [6, 6.07) is 2.23. The number of pyridine rings is 1. The number of rotatable bonds is 3. The van der Waals surface area contributed by atoms with E-state index in [0.29, 0.717) is 5.92 Å². The van der Waals surface area contributed by atoms with Crippen molar-refractivity contribution in [2.24, 2.45) is 0 Å². The molecule has 0 bridgehead atoms. The second-order valence-electron chi connectivity index (χ2n) is 8.48. The Kier molecular flexibility index (Phi) is 4.38. The second kappa shape index (κ2) is 7.13. The molecule has 156 valence electrons. The molecule has 2 unspecified atom stereocenters. The lowest BCUT2D eigenvalue weighted by molar-refractivity contribution is 0.123. The molecule has 2 aliphatic carbocycles. The molecule has 1 amide bonds. The number of nitrogens with one attached hydrogen (secondary N) is 1. The molecule has 3 fully saturated rings. The molecule has 2 saturated heterocycles. The maximum atomic E-state index is 11.9. The number of morpholine rings is 1. The van der Waals surface area contributed by atoms with Crippen LogP contribution in [0.1, 0.15) is 36.7 Å². The van der Waals surface area contributed by atoms with Gasteiger partial charge in [0.05, 0.1) is 30.2 Å². The van der Waals surface area contributed by atoms with Crippen LogP contribution in [-0.4, -0.2) is 57.4 Å². The Balaban J connectivity index is 1.52. The first-order valence-corrected chi connectivity index (χ1v) is 11.7. The molecule has 0 aromatic carbocycles. The van der Waals surface area contributed by atoms with E-state index in [4.69, 9.17) is 14.7 Å². The molecule has 2 aliphatic heterocycles. The van der Waals surface area contributed by atoms with Crippen LogP contribution in [0.15, 0.2) is 24.3 Å². The Morgan fingerprint density at radius 1 is 1.23 bits per heavy atom. The van der Waals surface area contributed by atoms with Gasteiger partial charge in [0.2, 0.25) is 0 Å². The Morgan fingerprint density at radius 2 is 2.07 bits per heavy atom. The summed E-state index contributed by atoms with van der Waals surface area (Å²) in [7, 11) is 0. The number of allylic oxidation sites excluding steroid dienone is 2. The van der Waals surface area contributed by atoms with Gasteiger partial charge in [-0.1, -0.05) is 24.3 Å². The molecule has 1 N–H and O–H groups in total. The number of carbonyl (C=O) groups excluding carboxylic acids is 1. The molecule has 4 aliphatic rings. The minimum atomic E-state index is 0.0467. The zero-order valence-electron chi connectivity index (χ0n) is 17.0. The Hall–Kier alpha value is -2.32. The van der Waals surface area contributed by atoms with Crippen LogP contribution in [0, 0.1) is 6.92 Å². The van der Waals surface area contributed by atoms with Crippen LogP contribution in [0.5, 0.6) is 0 Å². The molecule has 4 heterocycles. The van der Waals surface area contributed by atoms with Crippen molar-refractivity contribution in [3.05, 3.63) is 35.8 Å². The first kappa shape index (κ1) is 18.4. The number of thioether (sulfide) groups is 1. The quantitative estimate of drug-likeness (QED) is 0.815. The predicted octanol–water partition coefficient (Wildman–Crippen LogP) is 3.45.